The van der Waals surface area contributed by atoms with Crippen LogP contribution in [0.2, 0.25) is 0 Å². The highest BCUT2D eigenvalue weighted by atomic mass is 14.4. The second-order valence-corrected chi connectivity index (χ2v) is 8.83. The summed E-state index contributed by atoms with van der Waals surface area (Å²) in [6, 6.07) is 17.8. The minimum Gasteiger partial charge on any atom is -0.192 e. The zero-order chi connectivity index (χ0) is 20.5. The minimum atomic E-state index is 0.0945. The van der Waals surface area contributed by atoms with Crippen LogP contribution in [-0.2, 0) is 5.41 Å². The fourth-order valence-corrected chi connectivity index (χ4v) is 5.25. The van der Waals surface area contributed by atoms with Gasteiger partial charge in [-0.1, -0.05) is 108 Å². The first-order valence-electron chi connectivity index (χ1n) is 11.9. The number of fused-ring (bicyclic) bond motifs is 3. The molecular formula is C28H37N. The van der Waals surface area contributed by atoms with Crippen LogP contribution in [0, 0.1) is 11.3 Å². The Labute approximate surface area is 178 Å². The van der Waals surface area contributed by atoms with Gasteiger partial charge in [0.15, 0.2) is 0 Å². The standard InChI is InChI=1S/C28H37N/c1-3-5-7-9-13-19-28(20-14-10-8-6-4-2)26-16-12-11-15-24(26)25-18-17-23(22-29)21-27(25)28/h11-12,15-18,21H,3-10,13-14,19-20H2,1-2H3. The van der Waals surface area contributed by atoms with Crippen molar-refractivity contribution in [1.29, 1.82) is 5.26 Å². The van der Waals surface area contributed by atoms with Crippen molar-refractivity contribution in [2.24, 2.45) is 0 Å². The van der Waals surface area contributed by atoms with Gasteiger partial charge in [-0.3, -0.25) is 0 Å². The summed E-state index contributed by atoms with van der Waals surface area (Å²) in [6.07, 6.45) is 15.6. The Morgan fingerprint density at radius 2 is 1.28 bits per heavy atom. The normalized spacial score (nSPS) is 13.7. The molecule has 2 aromatic rings. The first-order valence-corrected chi connectivity index (χ1v) is 11.9. The molecule has 0 fully saturated rings. The topological polar surface area (TPSA) is 23.8 Å². The van der Waals surface area contributed by atoms with Crippen LogP contribution in [0.4, 0.5) is 0 Å². The van der Waals surface area contributed by atoms with Crippen LogP contribution in [0.3, 0.4) is 0 Å². The third kappa shape index (κ3) is 4.75. The van der Waals surface area contributed by atoms with Crippen molar-refractivity contribution in [3.63, 3.8) is 0 Å². The van der Waals surface area contributed by atoms with Crippen LogP contribution in [0.25, 0.3) is 11.1 Å². The lowest BCUT2D eigenvalue weighted by molar-refractivity contribution is 0.399. The predicted octanol–water partition coefficient (Wildman–Crippen LogP) is 8.55. The van der Waals surface area contributed by atoms with Gasteiger partial charge in [0.2, 0.25) is 0 Å². The summed E-state index contributed by atoms with van der Waals surface area (Å²) in [7, 11) is 0. The van der Waals surface area contributed by atoms with Gasteiger partial charge < -0.3 is 0 Å². The molecule has 0 amide bonds. The number of hydrogen-bond donors (Lipinski definition) is 0. The van der Waals surface area contributed by atoms with E-state index in [4.69, 9.17) is 0 Å². The Balaban J connectivity index is 1.93. The zero-order valence-corrected chi connectivity index (χ0v) is 18.5. The van der Waals surface area contributed by atoms with Crippen LogP contribution in [0.1, 0.15) is 108 Å². The zero-order valence-electron chi connectivity index (χ0n) is 18.5. The van der Waals surface area contributed by atoms with Crippen LogP contribution >= 0.6 is 0 Å². The SMILES string of the molecule is CCCCCCCC1(CCCCCCC)c2ccccc2-c2ccc(C#N)cc21. The molecule has 3 rings (SSSR count). The minimum absolute atomic E-state index is 0.0945. The monoisotopic (exact) mass is 387 g/mol. The van der Waals surface area contributed by atoms with E-state index in [1.165, 1.54) is 99.3 Å². The van der Waals surface area contributed by atoms with Gasteiger partial charge in [-0.05, 0) is 47.2 Å². The Kier molecular flexibility index (Phi) is 7.93. The summed E-state index contributed by atoms with van der Waals surface area (Å²) in [5.41, 5.74) is 6.59. The smallest absolute Gasteiger partial charge is 0.0991 e. The van der Waals surface area contributed by atoms with E-state index >= 15 is 0 Å². The van der Waals surface area contributed by atoms with Crippen molar-refractivity contribution < 1.29 is 0 Å². The van der Waals surface area contributed by atoms with E-state index in [1.807, 2.05) is 6.07 Å². The van der Waals surface area contributed by atoms with Crippen LogP contribution in [-0.4, -0.2) is 0 Å². The number of unbranched alkanes of at least 4 members (excludes halogenated alkanes) is 8. The number of nitrogens with zero attached hydrogens (tertiary/aromatic N) is 1. The second-order valence-electron chi connectivity index (χ2n) is 8.83. The van der Waals surface area contributed by atoms with E-state index in [0.717, 1.165) is 5.56 Å². The number of nitriles is 1. The van der Waals surface area contributed by atoms with Crippen LogP contribution in [0.15, 0.2) is 42.5 Å². The molecule has 1 nitrogen and oxygen atoms in total. The van der Waals surface area contributed by atoms with Crippen molar-refractivity contribution in [1.82, 2.24) is 0 Å². The molecule has 0 saturated carbocycles. The van der Waals surface area contributed by atoms with Crippen LogP contribution < -0.4 is 0 Å². The fraction of sp³-hybridized carbons (Fsp3) is 0.536. The third-order valence-electron chi connectivity index (χ3n) is 6.81. The highest BCUT2D eigenvalue weighted by molar-refractivity contribution is 5.81. The average Bonchev–Trinajstić information content (AvgIpc) is 3.03. The average molecular weight is 388 g/mol. The highest BCUT2D eigenvalue weighted by Gasteiger charge is 2.42. The molecule has 0 radical (unpaired) electrons. The molecule has 0 heterocycles. The molecule has 1 aliphatic carbocycles. The maximum Gasteiger partial charge on any atom is 0.0991 e. The van der Waals surface area contributed by atoms with Gasteiger partial charge in [0.25, 0.3) is 0 Å². The summed E-state index contributed by atoms with van der Waals surface area (Å²) in [4.78, 5) is 0. The Morgan fingerprint density at radius 1 is 0.690 bits per heavy atom. The summed E-state index contributed by atoms with van der Waals surface area (Å²) >= 11 is 0. The summed E-state index contributed by atoms with van der Waals surface area (Å²) in [5, 5.41) is 9.55. The lowest BCUT2D eigenvalue weighted by Gasteiger charge is -2.33. The van der Waals surface area contributed by atoms with E-state index in [2.05, 4.69) is 56.3 Å². The molecule has 0 atom stereocenters. The van der Waals surface area contributed by atoms with Gasteiger partial charge in [-0.15, -0.1) is 0 Å². The lowest BCUT2D eigenvalue weighted by atomic mass is 9.70. The summed E-state index contributed by atoms with van der Waals surface area (Å²) in [6.45, 7) is 4.56. The van der Waals surface area contributed by atoms with Crippen molar-refractivity contribution in [2.45, 2.75) is 96.3 Å². The molecule has 0 aromatic heterocycles. The maximum absolute atomic E-state index is 9.55. The molecule has 1 aliphatic rings. The van der Waals surface area contributed by atoms with Crippen molar-refractivity contribution >= 4 is 0 Å². The molecule has 2 aromatic carbocycles. The Hall–Kier alpha value is -2.07. The number of hydrogen-bond acceptors (Lipinski definition) is 1. The molecule has 0 saturated heterocycles. The Bertz CT molecular complexity index is 812. The van der Waals surface area contributed by atoms with Gasteiger partial charge in [0.1, 0.15) is 0 Å². The first-order chi connectivity index (χ1) is 14.3. The maximum atomic E-state index is 9.55. The van der Waals surface area contributed by atoms with Gasteiger partial charge in [-0.25, -0.2) is 0 Å². The summed E-state index contributed by atoms with van der Waals surface area (Å²) < 4.78 is 0. The second kappa shape index (κ2) is 10.6. The highest BCUT2D eigenvalue weighted by Crippen LogP contribution is 2.54. The van der Waals surface area contributed by atoms with E-state index < -0.39 is 0 Å². The van der Waals surface area contributed by atoms with E-state index in [1.54, 1.807) is 0 Å². The molecule has 154 valence electrons. The molecular weight excluding hydrogens is 350 g/mol. The lowest BCUT2D eigenvalue weighted by Crippen LogP contribution is -2.25. The quantitative estimate of drug-likeness (QED) is 0.335. The van der Waals surface area contributed by atoms with E-state index in [9.17, 15) is 5.26 Å². The van der Waals surface area contributed by atoms with Crippen LogP contribution in [0.5, 0.6) is 0 Å². The molecule has 29 heavy (non-hydrogen) atoms. The van der Waals surface area contributed by atoms with E-state index in [-0.39, 0.29) is 5.41 Å². The number of rotatable bonds is 12. The fourth-order valence-electron chi connectivity index (χ4n) is 5.25. The molecule has 0 bridgehead atoms. The third-order valence-corrected chi connectivity index (χ3v) is 6.81. The first kappa shape index (κ1) is 21.6. The van der Waals surface area contributed by atoms with Gasteiger partial charge >= 0.3 is 0 Å². The largest absolute Gasteiger partial charge is 0.192 e. The predicted molar refractivity (Wildman–Crippen MR) is 124 cm³/mol. The van der Waals surface area contributed by atoms with E-state index in [0.29, 0.717) is 0 Å². The molecule has 0 unspecified atom stereocenters. The van der Waals surface area contributed by atoms with Gasteiger partial charge in [-0.2, -0.15) is 5.26 Å². The van der Waals surface area contributed by atoms with Gasteiger partial charge in [0, 0.05) is 5.41 Å². The van der Waals surface area contributed by atoms with Crippen molar-refractivity contribution in [3.05, 3.63) is 59.2 Å². The molecule has 0 N–H and O–H groups in total. The summed E-state index contributed by atoms with van der Waals surface area (Å²) in [5.74, 6) is 0. The number of benzene rings is 2. The molecule has 0 spiro atoms. The molecule has 1 heteroatoms. The Morgan fingerprint density at radius 3 is 1.90 bits per heavy atom. The molecule has 0 aliphatic heterocycles. The van der Waals surface area contributed by atoms with Gasteiger partial charge in [0.05, 0.1) is 11.6 Å². The van der Waals surface area contributed by atoms with Crippen molar-refractivity contribution in [2.75, 3.05) is 0 Å². The van der Waals surface area contributed by atoms with Crippen molar-refractivity contribution in [3.8, 4) is 17.2 Å².